The molecule has 0 saturated carbocycles. The van der Waals surface area contributed by atoms with Crippen LogP contribution >= 0.6 is 11.3 Å². The van der Waals surface area contributed by atoms with Crippen LogP contribution < -0.4 is 11.1 Å². The maximum absolute atomic E-state index is 8.36. The minimum absolute atomic E-state index is 0.0534. The molecule has 0 bridgehead atoms. The summed E-state index contributed by atoms with van der Waals surface area (Å²) in [6.45, 7) is -0.250. The van der Waals surface area contributed by atoms with E-state index in [1.54, 1.807) is 11.3 Å². The largest absolute Gasteiger partial charge is 0.483 e. The van der Waals surface area contributed by atoms with Crippen LogP contribution in [0.15, 0.2) is 30.3 Å². The van der Waals surface area contributed by atoms with Gasteiger partial charge in [-0.1, -0.05) is 30.3 Å². The number of rotatable bonds is 2. The first-order chi connectivity index (χ1) is 10.7. The van der Waals surface area contributed by atoms with Gasteiger partial charge in [-0.2, -0.15) is 0 Å². The Hall–Kier alpha value is -2.41. The fraction of sp³-hybridized carbons (Fsp3) is 0.267. The number of anilines is 1. The van der Waals surface area contributed by atoms with Gasteiger partial charge in [-0.3, -0.25) is 10.2 Å². The zero-order valence-corrected chi connectivity index (χ0v) is 12.8. The molecule has 1 aliphatic carbocycles. The van der Waals surface area contributed by atoms with Crippen molar-refractivity contribution in [3.8, 4) is 0 Å². The standard InChI is InChI=1S/C14H16N4S.CH2O2/c15-13(16)18-14-17-12-10(7-4-8-11(12)19-14)9-5-2-1-3-6-9;2-1-3/h1-3,5-6,10H,4,7-8H2,(H4,15,16,17,18);1H,(H,2,3). The average molecular weight is 318 g/mol. The number of hydrogen-bond acceptors (Lipinski definition) is 4. The number of carboxylic acid groups (broad SMARTS) is 1. The number of nitrogens with one attached hydrogen (secondary N) is 2. The van der Waals surface area contributed by atoms with Gasteiger partial charge < -0.3 is 16.2 Å². The fourth-order valence-corrected chi connectivity index (χ4v) is 3.67. The zero-order chi connectivity index (χ0) is 15.9. The number of benzene rings is 1. The molecule has 0 spiro atoms. The van der Waals surface area contributed by atoms with Crippen LogP contribution in [-0.2, 0) is 11.2 Å². The number of nitrogens with zero attached hydrogens (tertiary/aromatic N) is 1. The summed E-state index contributed by atoms with van der Waals surface area (Å²) in [6, 6.07) is 10.5. The Kier molecular flexibility index (Phi) is 5.48. The average Bonchev–Trinajstić information content (AvgIpc) is 2.90. The van der Waals surface area contributed by atoms with Crippen LogP contribution in [0, 0.1) is 5.41 Å². The third-order valence-electron chi connectivity index (χ3n) is 3.40. The maximum atomic E-state index is 8.36. The molecule has 22 heavy (non-hydrogen) atoms. The highest BCUT2D eigenvalue weighted by Gasteiger charge is 2.25. The van der Waals surface area contributed by atoms with Crippen molar-refractivity contribution in [3.63, 3.8) is 0 Å². The second-order valence-electron chi connectivity index (χ2n) is 4.83. The van der Waals surface area contributed by atoms with E-state index >= 15 is 0 Å². The van der Waals surface area contributed by atoms with Gasteiger partial charge in [-0.05, 0) is 24.8 Å². The summed E-state index contributed by atoms with van der Waals surface area (Å²) in [4.78, 5) is 14.3. The third kappa shape index (κ3) is 3.82. The van der Waals surface area contributed by atoms with Crippen LogP contribution in [0.5, 0.6) is 0 Å². The van der Waals surface area contributed by atoms with Crippen LogP contribution in [0.4, 0.5) is 5.13 Å². The van der Waals surface area contributed by atoms with Crippen molar-refractivity contribution in [1.82, 2.24) is 4.98 Å². The van der Waals surface area contributed by atoms with Gasteiger partial charge >= 0.3 is 0 Å². The van der Waals surface area contributed by atoms with Crippen LogP contribution in [0.25, 0.3) is 0 Å². The first-order valence-corrected chi connectivity index (χ1v) is 7.70. The summed E-state index contributed by atoms with van der Waals surface area (Å²) in [5, 5.41) is 17.7. The molecule has 0 fully saturated rings. The minimum Gasteiger partial charge on any atom is -0.483 e. The lowest BCUT2D eigenvalue weighted by Crippen LogP contribution is -2.20. The van der Waals surface area contributed by atoms with Gasteiger partial charge in [0.2, 0.25) is 0 Å². The highest BCUT2D eigenvalue weighted by Crippen LogP contribution is 2.40. The number of carbonyl (C=O) groups is 1. The SMILES string of the molecule is N=C(N)Nc1nc2c(s1)CCCC2c1ccccc1.O=CO. The number of guanidine groups is 1. The Morgan fingerprint density at radius 2 is 2.14 bits per heavy atom. The Morgan fingerprint density at radius 1 is 1.45 bits per heavy atom. The van der Waals surface area contributed by atoms with E-state index in [0.717, 1.165) is 23.7 Å². The molecule has 0 amide bonds. The number of aryl methyl sites for hydroxylation is 1. The molecule has 0 radical (unpaired) electrons. The molecule has 3 rings (SSSR count). The van der Waals surface area contributed by atoms with E-state index in [9.17, 15) is 0 Å². The van der Waals surface area contributed by atoms with Crippen molar-refractivity contribution < 1.29 is 9.90 Å². The normalized spacial score (nSPS) is 15.9. The van der Waals surface area contributed by atoms with Crippen molar-refractivity contribution in [1.29, 1.82) is 5.41 Å². The second kappa shape index (κ2) is 7.56. The van der Waals surface area contributed by atoms with E-state index in [-0.39, 0.29) is 12.4 Å². The summed E-state index contributed by atoms with van der Waals surface area (Å²) in [5.74, 6) is 0.325. The van der Waals surface area contributed by atoms with E-state index in [2.05, 4.69) is 34.6 Å². The number of hydrogen-bond donors (Lipinski definition) is 4. The summed E-state index contributed by atoms with van der Waals surface area (Å²) in [5.41, 5.74) is 7.85. The lowest BCUT2D eigenvalue weighted by molar-refractivity contribution is -0.122. The number of nitrogens with two attached hydrogens (primary N) is 1. The molecule has 1 heterocycles. The number of aromatic nitrogens is 1. The summed E-state index contributed by atoms with van der Waals surface area (Å²) >= 11 is 1.62. The monoisotopic (exact) mass is 318 g/mol. The van der Waals surface area contributed by atoms with E-state index in [4.69, 9.17) is 21.0 Å². The van der Waals surface area contributed by atoms with E-state index in [1.165, 1.54) is 16.9 Å². The van der Waals surface area contributed by atoms with Gasteiger partial charge in [0.15, 0.2) is 11.1 Å². The molecule has 1 aliphatic rings. The van der Waals surface area contributed by atoms with Crippen molar-refractivity contribution in [2.75, 3.05) is 5.32 Å². The van der Waals surface area contributed by atoms with Crippen molar-refractivity contribution >= 4 is 28.9 Å². The van der Waals surface area contributed by atoms with E-state index in [0.29, 0.717) is 5.92 Å². The van der Waals surface area contributed by atoms with Gasteiger partial charge in [0.1, 0.15) is 0 Å². The van der Waals surface area contributed by atoms with Crippen molar-refractivity contribution in [3.05, 3.63) is 46.5 Å². The molecule has 1 unspecified atom stereocenters. The van der Waals surface area contributed by atoms with Crippen LogP contribution in [0.2, 0.25) is 0 Å². The van der Waals surface area contributed by atoms with Crippen LogP contribution in [0.1, 0.15) is 34.9 Å². The highest BCUT2D eigenvalue weighted by molar-refractivity contribution is 7.15. The molecular weight excluding hydrogens is 300 g/mol. The Balaban J connectivity index is 0.000000545. The summed E-state index contributed by atoms with van der Waals surface area (Å²) in [7, 11) is 0. The first-order valence-electron chi connectivity index (χ1n) is 6.89. The molecule has 116 valence electrons. The lowest BCUT2D eigenvalue weighted by Gasteiger charge is -2.21. The molecule has 6 nitrogen and oxygen atoms in total. The molecule has 0 aliphatic heterocycles. The highest BCUT2D eigenvalue weighted by atomic mass is 32.1. The van der Waals surface area contributed by atoms with Crippen molar-refractivity contribution in [2.24, 2.45) is 5.73 Å². The summed E-state index contributed by atoms with van der Waals surface area (Å²) < 4.78 is 0. The predicted octanol–water partition coefficient (Wildman–Crippen LogP) is 2.62. The molecule has 5 N–H and O–H groups in total. The van der Waals surface area contributed by atoms with Gasteiger partial charge in [-0.15, -0.1) is 11.3 Å². The Labute approximate surface area is 132 Å². The van der Waals surface area contributed by atoms with Gasteiger partial charge in [0.25, 0.3) is 6.47 Å². The molecular formula is C15H18N4O2S. The van der Waals surface area contributed by atoms with Crippen molar-refractivity contribution in [2.45, 2.75) is 25.2 Å². The van der Waals surface area contributed by atoms with Crippen LogP contribution in [-0.4, -0.2) is 22.5 Å². The molecule has 1 aromatic heterocycles. The minimum atomic E-state index is -0.250. The molecule has 7 heteroatoms. The molecule has 1 atom stereocenters. The van der Waals surface area contributed by atoms with Gasteiger partial charge in [0, 0.05) is 10.8 Å². The first kappa shape index (κ1) is 16.0. The Morgan fingerprint density at radius 3 is 2.77 bits per heavy atom. The topological polar surface area (TPSA) is 112 Å². The molecule has 1 aromatic carbocycles. The van der Waals surface area contributed by atoms with E-state index in [1.807, 2.05) is 6.07 Å². The quantitative estimate of drug-likeness (QED) is 0.386. The smallest absolute Gasteiger partial charge is 0.290 e. The van der Waals surface area contributed by atoms with Gasteiger partial charge in [0.05, 0.1) is 5.69 Å². The third-order valence-corrected chi connectivity index (χ3v) is 4.44. The number of thiazole rings is 1. The predicted molar refractivity (Wildman–Crippen MR) is 87.6 cm³/mol. The van der Waals surface area contributed by atoms with Crippen LogP contribution in [0.3, 0.4) is 0 Å². The number of fused-ring (bicyclic) bond motifs is 1. The molecule has 0 saturated heterocycles. The zero-order valence-electron chi connectivity index (χ0n) is 12.0. The molecule has 2 aromatic rings. The maximum Gasteiger partial charge on any atom is 0.290 e. The second-order valence-corrected chi connectivity index (χ2v) is 5.91. The fourth-order valence-electron chi connectivity index (χ4n) is 2.60. The summed E-state index contributed by atoms with van der Waals surface area (Å²) in [6.07, 6.45) is 3.41. The Bertz CT molecular complexity index is 642. The lowest BCUT2D eigenvalue weighted by atomic mass is 9.85. The van der Waals surface area contributed by atoms with Gasteiger partial charge in [-0.25, -0.2) is 4.98 Å². The van der Waals surface area contributed by atoms with E-state index < -0.39 is 0 Å².